The van der Waals surface area contributed by atoms with Gasteiger partial charge in [0.05, 0.1) is 0 Å². The lowest BCUT2D eigenvalue weighted by Crippen LogP contribution is -2.55. The van der Waals surface area contributed by atoms with Crippen molar-refractivity contribution in [3.8, 4) is 0 Å². The van der Waals surface area contributed by atoms with Crippen molar-refractivity contribution in [2.75, 3.05) is 13.7 Å². The van der Waals surface area contributed by atoms with Crippen LogP contribution in [0.2, 0.25) is 5.02 Å². The van der Waals surface area contributed by atoms with Crippen LogP contribution >= 0.6 is 11.6 Å². The lowest BCUT2D eigenvalue weighted by atomic mass is 9.74. The number of Topliss-reactive ketones (excluding diaryl/α,β-unsaturated/α-hetero) is 1. The van der Waals surface area contributed by atoms with Crippen LogP contribution < -0.4 is 0 Å². The molecule has 1 aliphatic carbocycles. The molecule has 0 heterocycles. The lowest BCUT2D eigenvalue weighted by Gasteiger charge is -2.43. The first-order valence-corrected chi connectivity index (χ1v) is 9.83. The van der Waals surface area contributed by atoms with Crippen LogP contribution in [0.1, 0.15) is 41.6 Å². The van der Waals surface area contributed by atoms with Gasteiger partial charge in [-0.2, -0.15) is 0 Å². The van der Waals surface area contributed by atoms with E-state index in [1.54, 1.807) is 24.3 Å². The minimum atomic E-state index is -1.30. The van der Waals surface area contributed by atoms with Gasteiger partial charge in [0.2, 0.25) is 0 Å². The molecule has 0 N–H and O–H groups in total. The maximum Gasteiger partial charge on any atom is 0.344 e. The second-order valence-electron chi connectivity index (χ2n) is 7.10. The number of likely N-dealkylation sites (N-methyl/N-ethyl adjacent to an activating group) is 1. The summed E-state index contributed by atoms with van der Waals surface area (Å²) in [4.78, 5) is 39.2. The van der Waals surface area contributed by atoms with Crippen LogP contribution in [0, 0.1) is 11.6 Å². The summed E-state index contributed by atoms with van der Waals surface area (Å²) in [6.07, 6.45) is 2.06. The van der Waals surface area contributed by atoms with Gasteiger partial charge in [0.1, 0.15) is 22.7 Å². The van der Waals surface area contributed by atoms with Crippen LogP contribution in [0.15, 0.2) is 42.5 Å². The zero-order valence-electron chi connectivity index (χ0n) is 16.3. The van der Waals surface area contributed by atoms with E-state index in [2.05, 4.69) is 0 Å². The Morgan fingerprint density at radius 2 is 1.77 bits per heavy atom. The van der Waals surface area contributed by atoms with Gasteiger partial charge >= 0.3 is 5.97 Å². The third-order valence-corrected chi connectivity index (χ3v) is 5.74. The first-order valence-electron chi connectivity index (χ1n) is 9.45. The van der Waals surface area contributed by atoms with Crippen molar-refractivity contribution in [2.24, 2.45) is 0 Å². The normalized spacial score (nSPS) is 18.7. The van der Waals surface area contributed by atoms with Gasteiger partial charge in [0.15, 0.2) is 12.4 Å². The molecular weight excluding hydrogens is 416 g/mol. The zero-order valence-corrected chi connectivity index (χ0v) is 17.0. The molecule has 0 saturated heterocycles. The lowest BCUT2D eigenvalue weighted by molar-refractivity contribution is -0.150. The number of nitrogens with zero attached hydrogens (tertiary/aromatic N) is 1. The number of carbonyl (C=O) groups is 3. The summed E-state index contributed by atoms with van der Waals surface area (Å²) in [6, 6.07) is 9.73. The Labute approximate surface area is 177 Å². The predicted octanol–water partition coefficient (Wildman–Crippen LogP) is 4.27. The number of hydrogen-bond donors (Lipinski definition) is 0. The number of benzene rings is 2. The Bertz CT molecular complexity index is 977. The zero-order chi connectivity index (χ0) is 21.9. The molecule has 3 rings (SSSR count). The molecule has 5 nitrogen and oxygen atoms in total. The molecule has 1 amide bonds. The molecule has 1 aliphatic rings. The highest BCUT2D eigenvalue weighted by molar-refractivity contribution is 6.31. The number of hydrogen-bond acceptors (Lipinski definition) is 4. The van der Waals surface area contributed by atoms with Crippen molar-refractivity contribution in [3.63, 3.8) is 0 Å². The Balaban J connectivity index is 1.84. The van der Waals surface area contributed by atoms with Gasteiger partial charge in [-0.25, -0.2) is 13.6 Å². The first-order chi connectivity index (χ1) is 14.3. The maximum absolute atomic E-state index is 13.8. The highest BCUT2D eigenvalue weighted by Crippen LogP contribution is 2.42. The van der Waals surface area contributed by atoms with Gasteiger partial charge in [0.25, 0.3) is 5.91 Å². The van der Waals surface area contributed by atoms with Crippen LogP contribution in [0.4, 0.5) is 8.78 Å². The fourth-order valence-corrected chi connectivity index (χ4v) is 4.12. The fraction of sp³-hybridized carbons (Fsp3) is 0.318. The molecule has 0 spiro atoms. The van der Waals surface area contributed by atoms with E-state index < -0.39 is 41.2 Å². The monoisotopic (exact) mass is 435 g/mol. The number of ether oxygens (including phenoxy) is 1. The van der Waals surface area contributed by atoms with E-state index in [4.69, 9.17) is 16.3 Å². The second kappa shape index (κ2) is 8.92. The number of rotatable bonds is 5. The van der Waals surface area contributed by atoms with E-state index in [0.29, 0.717) is 29.8 Å². The molecule has 0 aliphatic heterocycles. The highest BCUT2D eigenvalue weighted by Gasteiger charge is 2.48. The summed E-state index contributed by atoms with van der Waals surface area (Å²) >= 11 is 6.34. The van der Waals surface area contributed by atoms with Crippen molar-refractivity contribution in [3.05, 3.63) is 70.2 Å². The van der Waals surface area contributed by atoms with Gasteiger partial charge in [-0.05, 0) is 37.5 Å². The van der Waals surface area contributed by atoms with E-state index in [0.717, 1.165) is 18.2 Å². The molecule has 158 valence electrons. The average molecular weight is 436 g/mol. The Kier molecular flexibility index (Phi) is 6.51. The quantitative estimate of drug-likeness (QED) is 0.658. The molecule has 1 fully saturated rings. The van der Waals surface area contributed by atoms with E-state index in [-0.39, 0.29) is 12.2 Å². The standard InChI is InChI=1S/C22H20ClF2NO4/c1-26(19(28)13-30-21(29)20-16(24)9-6-10-17(20)25)22(12-5-4-11-18(22)27)14-7-2-3-8-15(14)23/h2-3,6-10H,4-5,11-13H2,1H3. The molecule has 1 saturated carbocycles. The molecular formula is C22H20ClF2NO4. The van der Waals surface area contributed by atoms with Gasteiger partial charge in [0, 0.05) is 24.1 Å². The van der Waals surface area contributed by atoms with Crippen molar-refractivity contribution < 1.29 is 27.9 Å². The molecule has 0 bridgehead atoms. The fourth-order valence-electron chi connectivity index (χ4n) is 3.83. The van der Waals surface area contributed by atoms with Crippen LogP contribution in [0.3, 0.4) is 0 Å². The summed E-state index contributed by atoms with van der Waals surface area (Å²) in [5.41, 5.74) is -1.66. The van der Waals surface area contributed by atoms with Gasteiger partial charge in [-0.1, -0.05) is 35.9 Å². The van der Waals surface area contributed by atoms with Crippen molar-refractivity contribution >= 4 is 29.3 Å². The summed E-state index contributed by atoms with van der Waals surface area (Å²) in [6.45, 7) is -0.775. The smallest absolute Gasteiger partial charge is 0.344 e. The van der Waals surface area contributed by atoms with Crippen molar-refractivity contribution in [1.82, 2.24) is 4.90 Å². The maximum atomic E-state index is 13.8. The van der Waals surface area contributed by atoms with Crippen LogP contribution in [0.5, 0.6) is 0 Å². The van der Waals surface area contributed by atoms with E-state index in [1.807, 2.05) is 0 Å². The Morgan fingerprint density at radius 3 is 2.40 bits per heavy atom. The number of ketones is 1. The molecule has 2 aromatic rings. The summed E-state index contributed by atoms with van der Waals surface area (Å²) in [7, 11) is 1.44. The molecule has 0 radical (unpaired) electrons. The van der Waals surface area contributed by atoms with E-state index >= 15 is 0 Å². The molecule has 0 aromatic heterocycles. The molecule has 1 atom stereocenters. The second-order valence-corrected chi connectivity index (χ2v) is 7.50. The van der Waals surface area contributed by atoms with Crippen molar-refractivity contribution in [2.45, 2.75) is 31.2 Å². The SMILES string of the molecule is CN(C(=O)COC(=O)c1c(F)cccc1F)C1(c2ccccc2Cl)CCCCC1=O. The summed E-state index contributed by atoms with van der Waals surface area (Å²) in [5.74, 6) is -4.32. The van der Waals surface area contributed by atoms with Crippen LogP contribution in [0.25, 0.3) is 0 Å². The molecule has 2 aromatic carbocycles. The number of halogens is 3. The van der Waals surface area contributed by atoms with Gasteiger partial charge in [-0.3, -0.25) is 9.59 Å². The largest absolute Gasteiger partial charge is 0.452 e. The van der Waals surface area contributed by atoms with Crippen LogP contribution in [-0.2, 0) is 19.9 Å². The third-order valence-electron chi connectivity index (χ3n) is 5.41. The summed E-state index contributed by atoms with van der Waals surface area (Å²) in [5, 5.41) is 0.345. The minimum absolute atomic E-state index is 0.163. The Morgan fingerprint density at radius 1 is 1.10 bits per heavy atom. The van der Waals surface area contributed by atoms with Crippen LogP contribution in [-0.4, -0.2) is 36.2 Å². The summed E-state index contributed by atoms with van der Waals surface area (Å²) < 4.78 is 32.4. The van der Waals surface area contributed by atoms with Gasteiger partial charge in [-0.15, -0.1) is 0 Å². The molecule has 1 unspecified atom stereocenters. The highest BCUT2D eigenvalue weighted by atomic mass is 35.5. The Hall–Kier alpha value is -2.80. The first kappa shape index (κ1) is 21.9. The van der Waals surface area contributed by atoms with E-state index in [9.17, 15) is 23.2 Å². The predicted molar refractivity (Wildman–Crippen MR) is 106 cm³/mol. The van der Waals surface area contributed by atoms with Gasteiger partial charge < -0.3 is 9.64 Å². The third kappa shape index (κ3) is 3.94. The van der Waals surface area contributed by atoms with Crippen molar-refractivity contribution in [1.29, 1.82) is 0 Å². The topological polar surface area (TPSA) is 63.7 Å². The number of amides is 1. The molecule has 30 heavy (non-hydrogen) atoms. The number of esters is 1. The number of carbonyl (C=O) groups excluding carboxylic acids is 3. The average Bonchev–Trinajstić information content (AvgIpc) is 2.72. The minimum Gasteiger partial charge on any atom is -0.452 e. The molecule has 8 heteroatoms. The van der Waals surface area contributed by atoms with E-state index in [1.165, 1.54) is 11.9 Å².